The Balaban J connectivity index is 1.69. The van der Waals surface area contributed by atoms with Crippen molar-refractivity contribution in [3.8, 4) is 0 Å². The topological polar surface area (TPSA) is 292 Å². The van der Waals surface area contributed by atoms with Gasteiger partial charge in [-0.25, -0.2) is 23.7 Å². The molecule has 6 atom stereocenters. The SMILES string of the molecule is Nc1ncnc2c1nnn2C1OC(COP(=O)(O)OP(=O)(O)OP(=O)(O)O)C(O)C1O. The van der Waals surface area contributed by atoms with Crippen LogP contribution in [0, 0.1) is 0 Å². The Morgan fingerprint density at radius 2 is 1.74 bits per heavy atom. The average Bonchev–Trinajstić information content (AvgIpc) is 3.13. The van der Waals surface area contributed by atoms with Crippen molar-refractivity contribution in [1.29, 1.82) is 0 Å². The van der Waals surface area contributed by atoms with Crippen molar-refractivity contribution in [1.82, 2.24) is 25.0 Å². The zero-order chi connectivity index (χ0) is 23.2. The number of ether oxygens (including phenoxy) is 1. The van der Waals surface area contributed by atoms with E-state index < -0.39 is 54.6 Å². The number of anilines is 1. The van der Waals surface area contributed by atoms with Crippen molar-refractivity contribution in [2.24, 2.45) is 0 Å². The Morgan fingerprint density at radius 1 is 1.06 bits per heavy atom. The van der Waals surface area contributed by atoms with Crippen molar-refractivity contribution in [2.45, 2.75) is 24.5 Å². The predicted molar refractivity (Wildman–Crippen MR) is 93.3 cm³/mol. The molecule has 0 aromatic carbocycles. The standard InChI is InChI=1S/C9H15N6O13P3/c10-7-4-8(12-2-11-7)15(14-13-4)9-6(17)5(16)3(26-9)1-25-30(21,22)28-31(23,24)27-29(18,19)20/h2-3,5-6,9,16-17H,1H2,(H,21,22)(H,23,24)(H2,10,11,12)(H2,18,19,20). The molecular formula is C9H15N6O13P3. The minimum absolute atomic E-state index is 0.0199. The number of aliphatic hydroxyl groups is 2. The molecule has 31 heavy (non-hydrogen) atoms. The fraction of sp³-hybridized carbons (Fsp3) is 0.556. The van der Waals surface area contributed by atoms with Crippen LogP contribution in [-0.2, 0) is 31.6 Å². The summed E-state index contributed by atoms with van der Waals surface area (Å²) in [6.45, 7) is -0.984. The Morgan fingerprint density at radius 3 is 2.39 bits per heavy atom. The lowest BCUT2D eigenvalue weighted by molar-refractivity contribution is -0.0566. The third-order valence-corrected chi connectivity index (χ3v) is 7.49. The number of fused-ring (bicyclic) bond motifs is 1. The van der Waals surface area contributed by atoms with E-state index in [-0.39, 0.29) is 17.0 Å². The van der Waals surface area contributed by atoms with Crippen molar-refractivity contribution in [3.63, 3.8) is 0 Å². The van der Waals surface area contributed by atoms with Crippen LogP contribution in [-0.4, -0.2) is 79.7 Å². The first-order valence-electron chi connectivity index (χ1n) is 7.80. The van der Waals surface area contributed by atoms with Crippen LogP contribution >= 0.6 is 23.5 Å². The highest BCUT2D eigenvalue weighted by molar-refractivity contribution is 7.66. The second-order valence-electron chi connectivity index (χ2n) is 5.90. The Kier molecular flexibility index (Phi) is 6.63. The highest BCUT2D eigenvalue weighted by atomic mass is 31.3. The first kappa shape index (κ1) is 24.2. The van der Waals surface area contributed by atoms with E-state index in [0.717, 1.165) is 11.0 Å². The van der Waals surface area contributed by atoms with Crippen molar-refractivity contribution < 1.29 is 61.4 Å². The molecule has 0 radical (unpaired) electrons. The molecule has 3 rings (SSSR count). The van der Waals surface area contributed by atoms with Crippen LogP contribution in [0.15, 0.2) is 6.33 Å². The molecule has 2 aromatic rings. The van der Waals surface area contributed by atoms with Gasteiger partial charge in [0.05, 0.1) is 6.61 Å². The van der Waals surface area contributed by atoms with Crippen LogP contribution in [0.3, 0.4) is 0 Å². The van der Waals surface area contributed by atoms with Crippen LogP contribution in [0.2, 0.25) is 0 Å². The molecule has 1 saturated heterocycles. The number of nitrogens with two attached hydrogens (primary N) is 1. The molecule has 0 bridgehead atoms. The highest BCUT2D eigenvalue weighted by Gasteiger charge is 2.47. The maximum absolute atomic E-state index is 11.8. The van der Waals surface area contributed by atoms with Gasteiger partial charge in [0.15, 0.2) is 23.2 Å². The number of hydrogen-bond donors (Lipinski definition) is 7. The maximum atomic E-state index is 11.8. The summed E-state index contributed by atoms with van der Waals surface area (Å²) in [5.74, 6) is -0.0199. The summed E-state index contributed by atoms with van der Waals surface area (Å²) < 4.78 is 51.5. The van der Waals surface area contributed by atoms with Crippen LogP contribution in [0.4, 0.5) is 5.82 Å². The number of phosphoric acid groups is 3. The summed E-state index contributed by atoms with van der Waals surface area (Å²) in [5, 5.41) is 27.8. The van der Waals surface area contributed by atoms with E-state index in [2.05, 4.69) is 33.4 Å². The van der Waals surface area contributed by atoms with Crippen molar-refractivity contribution in [2.75, 3.05) is 12.3 Å². The zero-order valence-corrected chi connectivity index (χ0v) is 17.5. The van der Waals surface area contributed by atoms with Gasteiger partial charge >= 0.3 is 23.5 Å². The van der Waals surface area contributed by atoms with E-state index in [4.69, 9.17) is 25.2 Å². The quantitative estimate of drug-likeness (QED) is 0.185. The fourth-order valence-corrected chi connectivity index (χ4v) is 5.52. The van der Waals surface area contributed by atoms with Gasteiger partial charge in [-0.2, -0.15) is 13.3 Å². The molecule has 3 heterocycles. The van der Waals surface area contributed by atoms with Gasteiger partial charge in [-0.1, -0.05) is 5.21 Å². The summed E-state index contributed by atoms with van der Waals surface area (Å²) in [6, 6.07) is 0. The molecule has 6 unspecified atom stereocenters. The number of nitrogen functional groups attached to an aromatic ring is 1. The van der Waals surface area contributed by atoms with Gasteiger partial charge in [0.25, 0.3) is 0 Å². The second kappa shape index (κ2) is 8.49. The minimum atomic E-state index is -5.71. The first-order chi connectivity index (χ1) is 14.2. The molecule has 22 heteroatoms. The van der Waals surface area contributed by atoms with Crippen LogP contribution < -0.4 is 5.73 Å². The van der Waals surface area contributed by atoms with Gasteiger partial charge in [0, 0.05) is 0 Å². The Labute approximate surface area is 170 Å². The van der Waals surface area contributed by atoms with Gasteiger partial charge in [0.2, 0.25) is 0 Å². The van der Waals surface area contributed by atoms with Crippen molar-refractivity contribution >= 4 is 40.4 Å². The molecule has 1 aliphatic rings. The summed E-state index contributed by atoms with van der Waals surface area (Å²) in [6.07, 6.45) is -5.18. The third kappa shape index (κ3) is 5.68. The number of aliphatic hydroxyl groups excluding tert-OH is 2. The van der Waals surface area contributed by atoms with E-state index in [9.17, 15) is 28.8 Å². The summed E-state index contributed by atoms with van der Waals surface area (Å²) in [4.78, 5) is 43.1. The Hall–Kier alpha value is -1.43. The lowest BCUT2D eigenvalue weighted by Crippen LogP contribution is -2.33. The van der Waals surface area contributed by atoms with E-state index in [1.165, 1.54) is 0 Å². The zero-order valence-electron chi connectivity index (χ0n) is 14.8. The normalized spacial score (nSPS) is 28.5. The van der Waals surface area contributed by atoms with E-state index in [1.54, 1.807) is 0 Å². The highest BCUT2D eigenvalue weighted by Crippen LogP contribution is 2.66. The summed E-state index contributed by atoms with van der Waals surface area (Å²) in [5.41, 5.74) is 5.74. The summed E-state index contributed by atoms with van der Waals surface area (Å²) in [7, 11) is -16.7. The van der Waals surface area contributed by atoms with Gasteiger partial charge in [-0.3, -0.25) is 4.52 Å². The molecule has 8 N–H and O–H groups in total. The number of phosphoric ester groups is 1. The molecule has 2 aromatic heterocycles. The molecule has 0 saturated carbocycles. The van der Waals surface area contributed by atoms with Crippen LogP contribution in [0.25, 0.3) is 11.2 Å². The molecule has 0 amide bonds. The van der Waals surface area contributed by atoms with Crippen LogP contribution in [0.1, 0.15) is 6.23 Å². The predicted octanol–water partition coefficient (Wildman–Crippen LogP) is -2.23. The average molecular weight is 508 g/mol. The largest absolute Gasteiger partial charge is 0.490 e. The van der Waals surface area contributed by atoms with Gasteiger partial charge in [-0.05, 0) is 0 Å². The van der Waals surface area contributed by atoms with Crippen molar-refractivity contribution in [3.05, 3.63) is 6.33 Å². The molecule has 0 aliphatic carbocycles. The number of nitrogens with zero attached hydrogens (tertiary/aromatic N) is 5. The van der Waals surface area contributed by atoms with E-state index >= 15 is 0 Å². The Bertz CT molecular complexity index is 1110. The number of hydrogen-bond acceptors (Lipinski definition) is 14. The lowest BCUT2D eigenvalue weighted by Gasteiger charge is -2.19. The van der Waals surface area contributed by atoms with Gasteiger partial charge in [-0.15, -0.1) is 5.10 Å². The smallest absolute Gasteiger partial charge is 0.387 e. The maximum Gasteiger partial charge on any atom is 0.490 e. The number of rotatable bonds is 8. The van der Waals surface area contributed by atoms with E-state index in [1.807, 2.05) is 0 Å². The summed E-state index contributed by atoms with van der Waals surface area (Å²) >= 11 is 0. The minimum Gasteiger partial charge on any atom is -0.387 e. The number of aromatic nitrogens is 5. The molecule has 19 nitrogen and oxygen atoms in total. The molecule has 0 spiro atoms. The van der Waals surface area contributed by atoms with E-state index in [0.29, 0.717) is 0 Å². The monoisotopic (exact) mass is 508 g/mol. The third-order valence-electron chi connectivity index (χ3n) is 3.69. The molecule has 1 fully saturated rings. The first-order valence-corrected chi connectivity index (χ1v) is 12.3. The fourth-order valence-electron chi connectivity index (χ4n) is 2.49. The molecule has 174 valence electrons. The van der Waals surface area contributed by atoms with Gasteiger partial charge in [0.1, 0.15) is 24.6 Å². The molecule has 1 aliphatic heterocycles. The van der Waals surface area contributed by atoms with Crippen LogP contribution in [0.5, 0.6) is 0 Å². The van der Waals surface area contributed by atoms with Gasteiger partial charge < -0.3 is 40.3 Å². The molecular weight excluding hydrogens is 493 g/mol. The lowest BCUT2D eigenvalue weighted by atomic mass is 10.1. The second-order valence-corrected chi connectivity index (χ2v) is 10.3.